The number of aliphatic hydroxyl groups excluding tert-OH is 1. The van der Waals surface area contributed by atoms with Gasteiger partial charge in [0.2, 0.25) is 5.43 Å². The van der Waals surface area contributed by atoms with E-state index in [-0.39, 0.29) is 61.0 Å². The Labute approximate surface area is 425 Å². The minimum atomic E-state index is -4.87. The number of H-pyrrole nitrogens is 2. The highest BCUT2D eigenvalue weighted by atomic mass is 35.5. The quantitative estimate of drug-likeness (QED) is 0.0563. The molecule has 11 nitrogen and oxygen atoms in total. The highest BCUT2D eigenvalue weighted by Gasteiger charge is 2.43. The molecule has 0 radical (unpaired) electrons. The van der Waals surface area contributed by atoms with Gasteiger partial charge >= 0.3 is 24.7 Å². The lowest BCUT2D eigenvalue weighted by molar-refractivity contribution is -0.137. The summed E-state index contributed by atoms with van der Waals surface area (Å²) in [4.78, 5) is 46.4. The lowest BCUT2D eigenvalue weighted by atomic mass is 10.0. The van der Waals surface area contributed by atoms with Crippen LogP contribution in [-0.2, 0) is 24.7 Å². The first-order chi connectivity index (χ1) is 33.2. The summed E-state index contributed by atoms with van der Waals surface area (Å²) >= 11 is 0. The number of aromatic nitrogens is 2. The third kappa shape index (κ3) is 11.7. The van der Waals surface area contributed by atoms with Crippen molar-refractivity contribution in [3.05, 3.63) is 139 Å². The van der Waals surface area contributed by atoms with Gasteiger partial charge in [0, 0.05) is 64.7 Å². The fraction of sp³-hybridized carbons (Fsp3) is 0.367. The summed E-state index contributed by atoms with van der Waals surface area (Å²) in [5, 5.41) is 18.5. The zero-order valence-corrected chi connectivity index (χ0v) is 39.2. The highest BCUT2D eigenvalue weighted by molar-refractivity contribution is 6.06. The number of nitrogens with two attached hydrogens (primary N) is 1. The first kappa shape index (κ1) is 58.7. The third-order valence-corrected chi connectivity index (χ3v) is 13.4. The van der Waals surface area contributed by atoms with Gasteiger partial charge in [-0.05, 0) is 112 Å². The lowest BCUT2D eigenvalue weighted by Crippen LogP contribution is -2.29. The minimum absolute atomic E-state index is 0. The van der Waals surface area contributed by atoms with E-state index in [0.717, 1.165) is 94.1 Å². The van der Waals surface area contributed by atoms with Crippen LogP contribution in [0.25, 0.3) is 21.8 Å². The largest absolute Gasteiger partial charge is 0.418 e. The van der Waals surface area contributed by atoms with Crippen LogP contribution in [0.4, 0.5) is 75.4 Å². The number of carbonyl (C=O) groups excluding carboxylic acids is 1. The molecule has 6 aromatic rings. The van der Waals surface area contributed by atoms with Crippen molar-refractivity contribution >= 4 is 75.3 Å². The Balaban J connectivity index is 0.000000221. The van der Waals surface area contributed by atoms with Crippen molar-refractivity contribution in [2.45, 2.75) is 114 Å². The molecule has 0 aliphatic carbocycles. The fourth-order valence-electron chi connectivity index (χ4n) is 10.2. The van der Waals surface area contributed by atoms with Crippen LogP contribution in [0.3, 0.4) is 0 Å². The van der Waals surface area contributed by atoms with E-state index >= 15 is 0 Å². The Morgan fingerprint density at radius 2 is 0.959 bits per heavy atom. The molecule has 4 saturated heterocycles. The predicted octanol–water partition coefficient (Wildman–Crippen LogP) is 12.4. The van der Waals surface area contributed by atoms with E-state index in [9.17, 15) is 67.1 Å². The van der Waals surface area contributed by atoms with E-state index < -0.39 is 97.6 Å². The Morgan fingerprint density at radius 1 is 0.568 bits per heavy atom. The van der Waals surface area contributed by atoms with Crippen molar-refractivity contribution in [2.75, 3.05) is 20.9 Å². The number of hydrogen-bond acceptors (Lipinski definition) is 8. The molecule has 0 spiro atoms. The first-order valence-electron chi connectivity index (χ1n) is 22.1. The number of hydrogen-bond donors (Lipinski definition) is 6. The summed E-state index contributed by atoms with van der Waals surface area (Å²) in [5.41, 5.74) is -2.16. The number of nitrogens with zero attached hydrogens (tertiary/aromatic N) is 2. The molecule has 25 heteroatoms. The van der Waals surface area contributed by atoms with Crippen molar-refractivity contribution in [3.8, 4) is 0 Å². The molecule has 4 aliphatic heterocycles. The maximum atomic E-state index is 13.9. The Kier molecular flexibility index (Phi) is 17.4. The number of carbonyl (C=O) groups is 1. The van der Waals surface area contributed by atoms with Crippen LogP contribution in [0.15, 0.2) is 94.8 Å². The summed E-state index contributed by atoms with van der Waals surface area (Å²) in [6.07, 6.45) is -11.0. The van der Waals surface area contributed by atoms with Gasteiger partial charge < -0.3 is 41.0 Å². The number of pyridine rings is 2. The molecule has 0 saturated carbocycles. The van der Waals surface area contributed by atoms with E-state index in [0.29, 0.717) is 29.5 Å². The monoisotopic (exact) mass is 1100 g/mol. The van der Waals surface area contributed by atoms with Gasteiger partial charge in [-0.15, -0.1) is 24.8 Å². The van der Waals surface area contributed by atoms with E-state index in [1.165, 1.54) is 30.3 Å². The van der Waals surface area contributed by atoms with E-state index in [4.69, 9.17) is 15.9 Å². The normalized spacial score (nSPS) is 19.0. The molecule has 4 aromatic carbocycles. The van der Waals surface area contributed by atoms with Gasteiger partial charge in [-0.3, -0.25) is 14.4 Å². The molecule has 4 fully saturated rings. The molecule has 0 unspecified atom stereocenters. The number of benzene rings is 4. The van der Waals surface area contributed by atoms with Crippen LogP contribution in [0, 0.1) is 0 Å². The number of nitrogen functional groups attached to an aromatic ring is 1. The summed E-state index contributed by atoms with van der Waals surface area (Å²) in [6, 6.07) is 15.3. The van der Waals surface area contributed by atoms with E-state index in [1.807, 2.05) is 4.90 Å². The summed E-state index contributed by atoms with van der Waals surface area (Å²) in [6.45, 7) is 0. The standard InChI is InChI=1S/C24H19F6N3O2.C13H15F3N2.C11H8F3NO3.CH4.2ClH/c25-23(26,27)16-2-1-3-19-20(16)21(34)15(11-31-19)22(35)32-18-9-8-14(10-17(18)24(28,29)30)33-12-4-5-13(33)7-6-12;14-13(15,16)11-7-10(5-6-12(11)17)18-8-1-2-9(18)4-3-8;12-11(13,14)6-2-1-3-7-8(6)9(16)5(4-15-7)10(17)18;;;/h1-3,8-13H,4-7H2,(H,31,34)(H,32,35);5-9H,1-4,17H2;1-4,10,17-18H,(H,15,16);1H4;2*1H. The SMILES string of the molecule is C.Cl.Cl.Nc1ccc(N2C3CCC2CC3)cc1C(F)(F)F.O=C(Nc1ccc(N2C3CCC2CC3)cc1C(F)(F)F)c1c[nH]c2cccc(C(F)(F)F)c2c1=O.O=c1c(C(O)O)c[nH]c2cccc(C(F)(F)F)c12. The lowest BCUT2D eigenvalue weighted by Gasteiger charge is -2.26. The van der Waals surface area contributed by atoms with Crippen LogP contribution in [-0.4, -0.2) is 50.3 Å². The Hall–Kier alpha value is -6.17. The number of nitrogens with one attached hydrogen (secondary N) is 3. The molecule has 7 N–H and O–H groups in total. The molecule has 4 aliphatic rings. The zero-order valence-electron chi connectivity index (χ0n) is 37.6. The van der Waals surface area contributed by atoms with Crippen LogP contribution in [0.5, 0.6) is 0 Å². The molecule has 74 heavy (non-hydrogen) atoms. The Bertz CT molecular complexity index is 3080. The van der Waals surface area contributed by atoms with E-state index in [2.05, 4.69) is 20.2 Å². The maximum absolute atomic E-state index is 13.9. The van der Waals surface area contributed by atoms with Crippen molar-refractivity contribution in [3.63, 3.8) is 0 Å². The van der Waals surface area contributed by atoms with Gasteiger partial charge in [0.25, 0.3) is 5.91 Å². The molecule has 10 rings (SSSR count). The van der Waals surface area contributed by atoms with Gasteiger partial charge in [-0.25, -0.2) is 0 Å². The summed E-state index contributed by atoms with van der Waals surface area (Å²) in [5.74, 6) is -1.25. The van der Waals surface area contributed by atoms with Gasteiger partial charge in [0.15, 0.2) is 11.7 Å². The van der Waals surface area contributed by atoms with Crippen LogP contribution < -0.4 is 31.7 Å². The van der Waals surface area contributed by atoms with Crippen LogP contribution >= 0.6 is 24.8 Å². The number of halogens is 14. The summed E-state index contributed by atoms with van der Waals surface area (Å²) in [7, 11) is 0. The number of aromatic amines is 2. The highest BCUT2D eigenvalue weighted by Crippen LogP contribution is 2.46. The topological polar surface area (TPSA) is 168 Å². The first-order valence-corrected chi connectivity index (χ1v) is 22.1. The average Bonchev–Trinajstić information content (AvgIpc) is 4.11. The number of amides is 1. The maximum Gasteiger partial charge on any atom is 0.418 e. The summed E-state index contributed by atoms with van der Waals surface area (Å²) < 4.78 is 159. The zero-order chi connectivity index (χ0) is 51.5. The molecule has 2 aromatic heterocycles. The molecule has 402 valence electrons. The fourth-order valence-corrected chi connectivity index (χ4v) is 10.2. The van der Waals surface area contributed by atoms with Crippen molar-refractivity contribution in [2.24, 2.45) is 0 Å². The van der Waals surface area contributed by atoms with Gasteiger partial charge in [0.05, 0.1) is 44.3 Å². The predicted molar refractivity (Wildman–Crippen MR) is 260 cm³/mol. The van der Waals surface area contributed by atoms with Crippen molar-refractivity contribution in [1.29, 1.82) is 0 Å². The van der Waals surface area contributed by atoms with Crippen molar-refractivity contribution < 1.29 is 67.7 Å². The number of fused-ring (bicyclic) bond motifs is 6. The minimum Gasteiger partial charge on any atom is -0.398 e. The van der Waals surface area contributed by atoms with Gasteiger partial charge in [-0.1, -0.05) is 19.6 Å². The molecule has 6 heterocycles. The molecule has 4 bridgehead atoms. The molecular formula is C49H48Cl2F12N6O5. The number of alkyl halides is 12. The second-order valence-electron chi connectivity index (χ2n) is 17.6. The van der Waals surface area contributed by atoms with Crippen LogP contribution in [0.1, 0.15) is 103 Å². The number of aliphatic hydroxyl groups is 2. The molecule has 0 atom stereocenters. The number of rotatable bonds is 5. The molecule has 1 amide bonds. The van der Waals surface area contributed by atoms with Crippen molar-refractivity contribution in [1.82, 2.24) is 9.97 Å². The van der Waals surface area contributed by atoms with E-state index in [1.54, 1.807) is 6.07 Å². The second-order valence-corrected chi connectivity index (χ2v) is 17.6. The number of anilines is 4. The smallest absolute Gasteiger partial charge is 0.398 e. The van der Waals surface area contributed by atoms with Crippen LogP contribution in [0.2, 0.25) is 0 Å². The Morgan fingerprint density at radius 3 is 1.38 bits per heavy atom. The average molecular weight is 1100 g/mol. The van der Waals surface area contributed by atoms with Gasteiger partial charge in [0.1, 0.15) is 5.56 Å². The molecular weight excluding hydrogens is 1050 g/mol. The second kappa shape index (κ2) is 22.0. The third-order valence-electron chi connectivity index (χ3n) is 13.4. The van der Waals surface area contributed by atoms with Gasteiger partial charge in [-0.2, -0.15) is 52.7 Å².